The Kier molecular flexibility index (Phi) is 6.63. The van der Waals surface area contributed by atoms with Crippen LogP contribution in [0.15, 0.2) is 18.2 Å². The first-order valence-corrected chi connectivity index (χ1v) is 7.29. The molecule has 2 amide bonds. The molecule has 0 saturated carbocycles. The second-order valence-corrected chi connectivity index (χ2v) is 6.00. The van der Waals surface area contributed by atoms with Crippen molar-refractivity contribution in [3.63, 3.8) is 0 Å². The summed E-state index contributed by atoms with van der Waals surface area (Å²) in [6.45, 7) is 5.46. The molecule has 1 aromatic carbocycles. The number of ether oxygens (including phenoxy) is 1. The average molecular weight is 341 g/mol. The molecule has 0 aromatic heterocycles. The first-order chi connectivity index (χ1) is 11.1. The van der Waals surface area contributed by atoms with Crippen LogP contribution < -0.4 is 10.6 Å². The van der Waals surface area contributed by atoms with Crippen molar-refractivity contribution in [2.75, 3.05) is 11.9 Å². The Morgan fingerprint density at radius 1 is 1.33 bits per heavy atom. The molecule has 0 heterocycles. The molecule has 1 aromatic rings. The summed E-state index contributed by atoms with van der Waals surface area (Å²) in [5, 5.41) is 15.6. The SMILES string of the molecule is CC(C)(C)OC(=O)NCCCC(=O)Nc1ccc(F)c([N+](=O)[O-])c1. The zero-order valence-corrected chi connectivity index (χ0v) is 13.7. The minimum absolute atomic E-state index is 0.0843. The third-order valence-electron chi connectivity index (χ3n) is 2.68. The van der Waals surface area contributed by atoms with Gasteiger partial charge in [-0.3, -0.25) is 14.9 Å². The van der Waals surface area contributed by atoms with Crippen molar-refractivity contribution < 1.29 is 23.6 Å². The minimum atomic E-state index is -0.973. The van der Waals surface area contributed by atoms with Crippen molar-refractivity contribution >= 4 is 23.4 Å². The summed E-state index contributed by atoms with van der Waals surface area (Å²) in [4.78, 5) is 32.9. The zero-order valence-electron chi connectivity index (χ0n) is 13.7. The maximum absolute atomic E-state index is 13.2. The van der Waals surface area contributed by atoms with E-state index in [2.05, 4.69) is 10.6 Å². The van der Waals surface area contributed by atoms with Crippen molar-refractivity contribution in [2.45, 2.75) is 39.2 Å². The average Bonchev–Trinajstić information content (AvgIpc) is 2.43. The molecule has 1 rings (SSSR count). The first-order valence-electron chi connectivity index (χ1n) is 7.29. The van der Waals surface area contributed by atoms with Gasteiger partial charge in [-0.1, -0.05) is 0 Å². The van der Waals surface area contributed by atoms with Gasteiger partial charge in [-0.2, -0.15) is 4.39 Å². The highest BCUT2D eigenvalue weighted by Crippen LogP contribution is 2.21. The monoisotopic (exact) mass is 341 g/mol. The van der Waals surface area contributed by atoms with E-state index in [4.69, 9.17) is 4.74 Å². The lowest BCUT2D eigenvalue weighted by Gasteiger charge is -2.19. The van der Waals surface area contributed by atoms with Crippen molar-refractivity contribution in [3.05, 3.63) is 34.1 Å². The number of halogens is 1. The molecule has 0 atom stereocenters. The lowest BCUT2D eigenvalue weighted by molar-refractivity contribution is -0.387. The van der Waals surface area contributed by atoms with E-state index in [1.165, 1.54) is 6.07 Å². The quantitative estimate of drug-likeness (QED) is 0.469. The summed E-state index contributed by atoms with van der Waals surface area (Å²) >= 11 is 0. The number of nitro benzene ring substituents is 1. The predicted octanol–water partition coefficient (Wildman–Crippen LogP) is 2.98. The molecule has 8 nitrogen and oxygen atoms in total. The van der Waals surface area contributed by atoms with Crippen LogP contribution in [0.25, 0.3) is 0 Å². The smallest absolute Gasteiger partial charge is 0.407 e. The topological polar surface area (TPSA) is 111 Å². The van der Waals surface area contributed by atoms with Crippen LogP contribution in [0, 0.1) is 15.9 Å². The van der Waals surface area contributed by atoms with Gasteiger partial charge in [0.2, 0.25) is 11.7 Å². The molecular weight excluding hydrogens is 321 g/mol. The van der Waals surface area contributed by atoms with E-state index in [9.17, 15) is 24.1 Å². The van der Waals surface area contributed by atoms with Gasteiger partial charge in [0.25, 0.3) is 0 Å². The van der Waals surface area contributed by atoms with Crippen molar-refractivity contribution in [1.82, 2.24) is 5.32 Å². The van der Waals surface area contributed by atoms with Crippen LogP contribution in [0.5, 0.6) is 0 Å². The molecule has 0 aliphatic carbocycles. The zero-order chi connectivity index (χ0) is 18.3. The summed E-state index contributed by atoms with van der Waals surface area (Å²) < 4.78 is 18.2. The number of hydrogen-bond donors (Lipinski definition) is 2. The Labute approximate surface area is 138 Å². The van der Waals surface area contributed by atoms with Crippen LogP contribution in [-0.2, 0) is 9.53 Å². The Bertz CT molecular complexity index is 628. The molecule has 0 unspecified atom stereocenters. The molecule has 0 aliphatic heterocycles. The number of nitro groups is 1. The highest BCUT2D eigenvalue weighted by molar-refractivity contribution is 5.91. The summed E-state index contributed by atoms with van der Waals surface area (Å²) in [7, 11) is 0. The summed E-state index contributed by atoms with van der Waals surface area (Å²) in [5.74, 6) is -1.37. The minimum Gasteiger partial charge on any atom is -0.444 e. The maximum atomic E-state index is 13.2. The van der Waals surface area contributed by atoms with Crippen LogP contribution in [0.2, 0.25) is 0 Å². The van der Waals surface area contributed by atoms with E-state index < -0.39 is 34.0 Å². The molecule has 0 bridgehead atoms. The van der Waals surface area contributed by atoms with Gasteiger partial charge >= 0.3 is 11.8 Å². The molecule has 132 valence electrons. The van der Waals surface area contributed by atoms with Crippen LogP contribution in [0.3, 0.4) is 0 Å². The molecule has 9 heteroatoms. The molecule has 0 spiro atoms. The second kappa shape index (κ2) is 8.23. The van der Waals surface area contributed by atoms with Crippen molar-refractivity contribution in [2.24, 2.45) is 0 Å². The maximum Gasteiger partial charge on any atom is 0.407 e. The Morgan fingerprint density at radius 3 is 2.58 bits per heavy atom. The number of carbonyl (C=O) groups excluding carboxylic acids is 2. The first kappa shape index (κ1) is 19.3. The lowest BCUT2D eigenvalue weighted by atomic mass is 10.2. The second-order valence-electron chi connectivity index (χ2n) is 6.00. The highest BCUT2D eigenvalue weighted by atomic mass is 19.1. The number of nitrogens with one attached hydrogen (secondary N) is 2. The van der Waals surface area contributed by atoms with Gasteiger partial charge in [-0.15, -0.1) is 0 Å². The Balaban J connectivity index is 2.38. The standard InChI is InChI=1S/C15H20FN3O5/c1-15(2,3)24-14(21)17-8-4-5-13(20)18-10-6-7-11(16)12(9-10)19(22)23/h6-7,9H,4-5,8H2,1-3H3,(H,17,21)(H,18,20). The summed E-state index contributed by atoms with van der Waals surface area (Å²) in [6.07, 6.45) is -0.132. The van der Waals surface area contributed by atoms with E-state index in [1.807, 2.05) is 0 Å². The lowest BCUT2D eigenvalue weighted by Crippen LogP contribution is -2.33. The fourth-order valence-electron chi connectivity index (χ4n) is 1.71. The van der Waals surface area contributed by atoms with E-state index in [0.717, 1.165) is 12.1 Å². The fraction of sp³-hybridized carbons (Fsp3) is 0.467. The van der Waals surface area contributed by atoms with Crippen LogP contribution in [0.1, 0.15) is 33.6 Å². The third kappa shape index (κ3) is 7.03. The molecule has 2 N–H and O–H groups in total. The molecule has 0 fully saturated rings. The Hall–Kier alpha value is -2.71. The number of amides is 2. The normalized spacial score (nSPS) is 10.8. The summed E-state index contributed by atoms with van der Waals surface area (Å²) in [6, 6.07) is 3.10. The molecule has 0 radical (unpaired) electrons. The van der Waals surface area contributed by atoms with Crippen molar-refractivity contribution in [3.8, 4) is 0 Å². The number of rotatable bonds is 6. The number of nitrogens with zero attached hydrogens (tertiary/aromatic N) is 1. The van der Waals surface area contributed by atoms with Gasteiger partial charge in [0.05, 0.1) is 4.92 Å². The number of anilines is 1. The van der Waals surface area contributed by atoms with E-state index in [-0.39, 0.29) is 18.7 Å². The van der Waals surface area contributed by atoms with Crippen molar-refractivity contribution in [1.29, 1.82) is 0 Å². The van der Waals surface area contributed by atoms with Crippen LogP contribution >= 0.6 is 0 Å². The van der Waals surface area contributed by atoms with Gasteiger partial charge in [-0.05, 0) is 39.3 Å². The van der Waals surface area contributed by atoms with E-state index >= 15 is 0 Å². The molecular formula is C15H20FN3O5. The molecule has 0 saturated heterocycles. The van der Waals surface area contributed by atoms with E-state index in [1.54, 1.807) is 20.8 Å². The predicted molar refractivity (Wildman–Crippen MR) is 85.2 cm³/mol. The molecule has 0 aliphatic rings. The van der Waals surface area contributed by atoms with Crippen LogP contribution in [-0.4, -0.2) is 29.1 Å². The van der Waals surface area contributed by atoms with Gasteiger partial charge in [0.15, 0.2) is 0 Å². The Morgan fingerprint density at radius 2 is 2.00 bits per heavy atom. The number of hydrogen-bond acceptors (Lipinski definition) is 5. The van der Waals surface area contributed by atoms with Crippen LogP contribution in [0.4, 0.5) is 20.6 Å². The molecule has 24 heavy (non-hydrogen) atoms. The summed E-state index contributed by atoms with van der Waals surface area (Å²) in [5.41, 5.74) is -1.17. The van der Waals surface area contributed by atoms with Gasteiger partial charge in [0.1, 0.15) is 5.60 Å². The van der Waals surface area contributed by atoms with Gasteiger partial charge in [0, 0.05) is 24.7 Å². The van der Waals surface area contributed by atoms with Gasteiger partial charge < -0.3 is 15.4 Å². The highest BCUT2D eigenvalue weighted by Gasteiger charge is 2.16. The number of carbonyl (C=O) groups is 2. The number of alkyl carbamates (subject to hydrolysis) is 1. The number of benzene rings is 1. The van der Waals surface area contributed by atoms with E-state index in [0.29, 0.717) is 6.42 Å². The largest absolute Gasteiger partial charge is 0.444 e. The van der Waals surface area contributed by atoms with Gasteiger partial charge in [-0.25, -0.2) is 4.79 Å². The third-order valence-corrected chi connectivity index (χ3v) is 2.68. The fourth-order valence-corrected chi connectivity index (χ4v) is 1.71.